The van der Waals surface area contributed by atoms with E-state index in [9.17, 15) is 18.0 Å². The number of rotatable bonds is 4. The van der Waals surface area contributed by atoms with Crippen LogP contribution in [0.3, 0.4) is 0 Å². The van der Waals surface area contributed by atoms with E-state index in [2.05, 4.69) is 0 Å². The largest absolute Gasteiger partial charge is 0.481 e. The average molecular weight is 352 g/mol. The van der Waals surface area contributed by atoms with Crippen LogP contribution in [-0.2, 0) is 32.6 Å². The molecular formula is C16H20N2O5S. The Hall–Kier alpha value is -1.93. The van der Waals surface area contributed by atoms with Crippen molar-refractivity contribution in [1.82, 2.24) is 9.21 Å². The van der Waals surface area contributed by atoms with Gasteiger partial charge in [0.1, 0.15) is 0 Å². The molecule has 8 heteroatoms. The van der Waals surface area contributed by atoms with E-state index in [1.807, 2.05) is 6.07 Å². The van der Waals surface area contributed by atoms with Gasteiger partial charge in [-0.3, -0.25) is 9.59 Å². The van der Waals surface area contributed by atoms with Gasteiger partial charge in [0.15, 0.2) is 0 Å². The van der Waals surface area contributed by atoms with Gasteiger partial charge in [0.05, 0.1) is 16.7 Å². The smallest absolute Gasteiger partial charge is 0.307 e. The zero-order valence-electron chi connectivity index (χ0n) is 13.6. The lowest BCUT2D eigenvalue weighted by atomic mass is 9.99. The lowest BCUT2D eigenvalue weighted by Gasteiger charge is -2.30. The summed E-state index contributed by atoms with van der Waals surface area (Å²) in [7, 11) is -0.543. The number of hydrogen-bond acceptors (Lipinski definition) is 4. The van der Waals surface area contributed by atoms with Gasteiger partial charge in [-0.1, -0.05) is 12.1 Å². The third-order valence-electron chi connectivity index (χ3n) is 4.72. The van der Waals surface area contributed by atoms with Crippen molar-refractivity contribution in [3.63, 3.8) is 0 Å². The number of nitrogens with zero attached hydrogens (tertiary/aromatic N) is 2. The minimum Gasteiger partial charge on any atom is -0.481 e. The Morgan fingerprint density at radius 1 is 1.25 bits per heavy atom. The summed E-state index contributed by atoms with van der Waals surface area (Å²) in [6.07, 6.45) is 0.849. The van der Waals surface area contributed by atoms with Gasteiger partial charge in [-0.2, -0.15) is 0 Å². The summed E-state index contributed by atoms with van der Waals surface area (Å²) in [6, 6.07) is 5.10. The fourth-order valence-corrected chi connectivity index (χ4v) is 4.36. The van der Waals surface area contributed by atoms with Gasteiger partial charge in [-0.05, 0) is 30.0 Å². The summed E-state index contributed by atoms with van der Waals surface area (Å²) in [5, 5.41) is 8.96. The molecule has 0 bridgehead atoms. The van der Waals surface area contributed by atoms with Gasteiger partial charge < -0.3 is 10.0 Å². The molecule has 24 heavy (non-hydrogen) atoms. The van der Waals surface area contributed by atoms with Crippen LogP contribution in [0, 0.1) is 11.8 Å². The SMILES string of the molecule is CN(C)S(=O)(=O)c1cccc2c1CCN(C(=O)C1CC1C(=O)O)C2. The summed E-state index contributed by atoms with van der Waals surface area (Å²) in [5.74, 6) is -2.07. The van der Waals surface area contributed by atoms with Gasteiger partial charge in [-0.25, -0.2) is 12.7 Å². The molecule has 0 radical (unpaired) electrons. The molecule has 1 heterocycles. The van der Waals surface area contributed by atoms with Crippen LogP contribution in [0.2, 0.25) is 0 Å². The molecule has 3 rings (SSSR count). The molecule has 1 amide bonds. The molecule has 1 aromatic carbocycles. The van der Waals surface area contributed by atoms with Gasteiger partial charge in [0, 0.05) is 27.2 Å². The van der Waals surface area contributed by atoms with Crippen LogP contribution in [-0.4, -0.2) is 55.2 Å². The first-order chi connectivity index (χ1) is 11.2. The number of benzene rings is 1. The number of fused-ring (bicyclic) bond motifs is 1. The monoisotopic (exact) mass is 352 g/mol. The highest BCUT2D eigenvalue weighted by Crippen LogP contribution is 2.41. The Morgan fingerprint density at radius 2 is 1.96 bits per heavy atom. The third kappa shape index (κ3) is 2.80. The first-order valence-corrected chi connectivity index (χ1v) is 9.22. The van der Waals surface area contributed by atoms with Gasteiger partial charge in [0.2, 0.25) is 15.9 Å². The predicted molar refractivity (Wildman–Crippen MR) is 85.7 cm³/mol. The molecule has 130 valence electrons. The molecule has 2 aliphatic rings. The van der Waals surface area contributed by atoms with Crippen LogP contribution < -0.4 is 0 Å². The highest BCUT2D eigenvalue weighted by Gasteiger charge is 2.50. The molecule has 0 aromatic heterocycles. The highest BCUT2D eigenvalue weighted by molar-refractivity contribution is 7.89. The Morgan fingerprint density at radius 3 is 2.54 bits per heavy atom. The van der Waals surface area contributed by atoms with Crippen molar-refractivity contribution >= 4 is 21.9 Å². The van der Waals surface area contributed by atoms with Crippen LogP contribution in [0.15, 0.2) is 23.1 Å². The van der Waals surface area contributed by atoms with Crippen molar-refractivity contribution in [2.75, 3.05) is 20.6 Å². The van der Waals surface area contributed by atoms with E-state index in [4.69, 9.17) is 5.11 Å². The zero-order chi connectivity index (χ0) is 17.6. The fraction of sp³-hybridized carbons (Fsp3) is 0.500. The van der Waals surface area contributed by atoms with E-state index in [0.29, 0.717) is 25.9 Å². The minimum atomic E-state index is -3.53. The molecule has 1 aliphatic heterocycles. The maximum Gasteiger partial charge on any atom is 0.307 e. The number of hydrogen-bond donors (Lipinski definition) is 1. The maximum absolute atomic E-state index is 12.4. The Bertz CT molecular complexity index is 803. The number of carboxylic acids is 1. The Balaban J connectivity index is 1.83. The topological polar surface area (TPSA) is 95.0 Å². The Labute approximate surface area is 140 Å². The van der Waals surface area contributed by atoms with E-state index >= 15 is 0 Å². The molecule has 1 aliphatic carbocycles. The minimum absolute atomic E-state index is 0.145. The molecule has 2 unspecified atom stereocenters. The molecule has 1 N–H and O–H groups in total. The van der Waals surface area contributed by atoms with Gasteiger partial charge >= 0.3 is 5.97 Å². The van der Waals surface area contributed by atoms with E-state index in [0.717, 1.165) is 11.1 Å². The van der Waals surface area contributed by atoms with Gasteiger partial charge in [-0.15, -0.1) is 0 Å². The lowest BCUT2D eigenvalue weighted by Crippen LogP contribution is -2.38. The molecule has 1 aromatic rings. The molecule has 0 saturated heterocycles. The first kappa shape index (κ1) is 16.9. The van der Waals surface area contributed by atoms with E-state index in [1.165, 1.54) is 18.4 Å². The quantitative estimate of drug-likeness (QED) is 0.853. The number of carbonyl (C=O) groups is 2. The maximum atomic E-state index is 12.4. The Kier molecular flexibility index (Phi) is 4.13. The zero-order valence-corrected chi connectivity index (χ0v) is 14.4. The molecule has 0 spiro atoms. The third-order valence-corrected chi connectivity index (χ3v) is 6.62. The number of carbonyl (C=O) groups excluding carboxylic acids is 1. The van der Waals surface area contributed by atoms with Crippen molar-refractivity contribution in [2.45, 2.75) is 24.3 Å². The molecule has 1 fully saturated rings. The van der Waals surface area contributed by atoms with Gasteiger partial charge in [0.25, 0.3) is 0 Å². The number of sulfonamides is 1. The molecule has 7 nitrogen and oxygen atoms in total. The standard InChI is InChI=1S/C16H20N2O5S/c1-17(2)24(22,23)14-5-3-4-10-9-18(7-6-11(10)14)15(19)12-8-13(12)16(20)21/h3-5,12-13H,6-9H2,1-2H3,(H,20,21). The highest BCUT2D eigenvalue weighted by atomic mass is 32.2. The average Bonchev–Trinajstić information content (AvgIpc) is 3.33. The van der Waals surface area contributed by atoms with Crippen LogP contribution >= 0.6 is 0 Å². The number of amides is 1. The van der Waals surface area contributed by atoms with Crippen molar-refractivity contribution in [2.24, 2.45) is 11.8 Å². The van der Waals surface area contributed by atoms with Crippen molar-refractivity contribution in [3.8, 4) is 0 Å². The molecule has 1 saturated carbocycles. The second-order valence-corrected chi connectivity index (χ2v) is 8.60. The number of carboxylic acid groups (broad SMARTS) is 1. The summed E-state index contributed by atoms with van der Waals surface area (Å²) < 4.78 is 26.1. The predicted octanol–water partition coefficient (Wildman–Crippen LogP) is 0.542. The second-order valence-electron chi connectivity index (χ2n) is 6.48. The van der Waals surface area contributed by atoms with E-state index < -0.39 is 27.8 Å². The molecule has 2 atom stereocenters. The van der Waals surface area contributed by atoms with Crippen LogP contribution in [0.1, 0.15) is 17.5 Å². The van der Waals surface area contributed by atoms with E-state index in [-0.39, 0.29) is 10.8 Å². The second kappa shape index (κ2) is 5.86. The summed E-state index contributed by atoms with van der Waals surface area (Å²) in [6.45, 7) is 0.739. The fourth-order valence-electron chi connectivity index (χ4n) is 3.18. The lowest BCUT2D eigenvalue weighted by molar-refractivity contribution is -0.142. The van der Waals surface area contributed by atoms with Crippen LogP contribution in [0.5, 0.6) is 0 Å². The summed E-state index contributed by atoms with van der Waals surface area (Å²) >= 11 is 0. The van der Waals surface area contributed by atoms with Crippen molar-refractivity contribution < 1.29 is 23.1 Å². The van der Waals surface area contributed by atoms with Crippen molar-refractivity contribution in [3.05, 3.63) is 29.3 Å². The normalized spacial score (nSPS) is 23.0. The van der Waals surface area contributed by atoms with Crippen molar-refractivity contribution in [1.29, 1.82) is 0 Å². The number of aliphatic carboxylic acids is 1. The van der Waals surface area contributed by atoms with Crippen LogP contribution in [0.4, 0.5) is 0 Å². The molecular weight excluding hydrogens is 332 g/mol. The summed E-state index contributed by atoms with van der Waals surface area (Å²) in [5.41, 5.74) is 1.56. The first-order valence-electron chi connectivity index (χ1n) is 7.78. The summed E-state index contributed by atoms with van der Waals surface area (Å²) in [4.78, 5) is 25.3. The van der Waals surface area contributed by atoms with Crippen LogP contribution in [0.25, 0.3) is 0 Å². The van der Waals surface area contributed by atoms with E-state index in [1.54, 1.807) is 17.0 Å².